The lowest BCUT2D eigenvalue weighted by Crippen LogP contribution is -2.32. The Balaban J connectivity index is 1.71. The number of nitrogens with zero attached hydrogens (tertiary/aromatic N) is 2. The number of hydrogen-bond acceptors (Lipinski definition) is 4. The molecule has 1 aliphatic rings. The lowest BCUT2D eigenvalue weighted by atomic mass is 9.84. The summed E-state index contributed by atoms with van der Waals surface area (Å²) in [4.78, 5) is 0. The topological polar surface area (TPSA) is 51.0 Å². The van der Waals surface area contributed by atoms with Crippen LogP contribution in [0.1, 0.15) is 50.8 Å². The number of nitrogens with one attached hydrogen (secondary N) is 1. The first-order chi connectivity index (χ1) is 7.78. The molecule has 0 amide bonds. The SMILES string of the molecule is CCC1CCC(NCc2nnc(C)o2)CC1. The van der Waals surface area contributed by atoms with Crippen molar-refractivity contribution in [2.75, 3.05) is 0 Å². The molecular formula is C12H21N3O. The van der Waals surface area contributed by atoms with Crippen LogP contribution in [0.3, 0.4) is 0 Å². The fourth-order valence-corrected chi connectivity index (χ4v) is 2.42. The van der Waals surface area contributed by atoms with Crippen LogP contribution in [0, 0.1) is 12.8 Å². The molecule has 0 saturated heterocycles. The van der Waals surface area contributed by atoms with Crippen molar-refractivity contribution in [3.63, 3.8) is 0 Å². The summed E-state index contributed by atoms with van der Waals surface area (Å²) in [5.41, 5.74) is 0. The Hall–Kier alpha value is -0.900. The third-order valence-corrected chi connectivity index (χ3v) is 3.53. The maximum atomic E-state index is 5.33. The van der Waals surface area contributed by atoms with Crippen molar-refractivity contribution in [2.24, 2.45) is 5.92 Å². The van der Waals surface area contributed by atoms with Gasteiger partial charge in [0.05, 0.1) is 6.54 Å². The highest BCUT2D eigenvalue weighted by Crippen LogP contribution is 2.26. The number of rotatable bonds is 4. The average molecular weight is 223 g/mol. The smallest absolute Gasteiger partial charge is 0.230 e. The number of aryl methyl sites for hydroxylation is 1. The maximum Gasteiger partial charge on any atom is 0.230 e. The van der Waals surface area contributed by atoms with Gasteiger partial charge in [-0.15, -0.1) is 10.2 Å². The van der Waals surface area contributed by atoms with E-state index < -0.39 is 0 Å². The van der Waals surface area contributed by atoms with E-state index in [1.165, 1.54) is 32.1 Å². The first-order valence-electron chi connectivity index (χ1n) is 6.30. The van der Waals surface area contributed by atoms with Gasteiger partial charge in [0.25, 0.3) is 0 Å². The summed E-state index contributed by atoms with van der Waals surface area (Å²) in [5, 5.41) is 11.3. The van der Waals surface area contributed by atoms with E-state index in [2.05, 4.69) is 22.4 Å². The van der Waals surface area contributed by atoms with Gasteiger partial charge in [-0.05, 0) is 31.6 Å². The molecule has 0 aliphatic heterocycles. The van der Waals surface area contributed by atoms with Gasteiger partial charge in [0.1, 0.15) is 0 Å². The van der Waals surface area contributed by atoms with E-state index in [0.29, 0.717) is 24.4 Å². The Morgan fingerprint density at radius 1 is 1.25 bits per heavy atom. The molecule has 2 rings (SSSR count). The maximum absolute atomic E-state index is 5.33. The van der Waals surface area contributed by atoms with Crippen LogP contribution in [-0.2, 0) is 6.54 Å². The minimum Gasteiger partial charge on any atom is -0.424 e. The van der Waals surface area contributed by atoms with E-state index in [-0.39, 0.29) is 0 Å². The van der Waals surface area contributed by atoms with Gasteiger partial charge in [0, 0.05) is 13.0 Å². The molecule has 1 aliphatic carbocycles. The molecule has 0 aromatic carbocycles. The molecule has 1 aromatic rings. The first kappa shape index (κ1) is 11.6. The summed E-state index contributed by atoms with van der Waals surface area (Å²) in [6.07, 6.45) is 6.61. The van der Waals surface area contributed by atoms with Crippen LogP contribution in [0.15, 0.2) is 4.42 Å². The summed E-state index contributed by atoms with van der Waals surface area (Å²) in [6.45, 7) is 4.82. The lowest BCUT2D eigenvalue weighted by molar-refractivity contribution is 0.278. The van der Waals surface area contributed by atoms with Crippen LogP contribution in [0.5, 0.6) is 0 Å². The van der Waals surface area contributed by atoms with Crippen molar-refractivity contribution in [1.82, 2.24) is 15.5 Å². The van der Waals surface area contributed by atoms with Crippen molar-refractivity contribution in [3.05, 3.63) is 11.8 Å². The lowest BCUT2D eigenvalue weighted by Gasteiger charge is -2.28. The molecular weight excluding hydrogens is 202 g/mol. The minimum atomic E-state index is 0.634. The van der Waals surface area contributed by atoms with Gasteiger partial charge in [0.2, 0.25) is 11.8 Å². The van der Waals surface area contributed by atoms with Gasteiger partial charge in [-0.25, -0.2) is 0 Å². The zero-order valence-electron chi connectivity index (χ0n) is 10.2. The van der Waals surface area contributed by atoms with E-state index >= 15 is 0 Å². The van der Waals surface area contributed by atoms with Crippen molar-refractivity contribution >= 4 is 0 Å². The number of hydrogen-bond donors (Lipinski definition) is 1. The Morgan fingerprint density at radius 2 is 2.00 bits per heavy atom. The van der Waals surface area contributed by atoms with Gasteiger partial charge < -0.3 is 9.73 Å². The van der Waals surface area contributed by atoms with E-state index in [0.717, 1.165) is 5.92 Å². The fraction of sp³-hybridized carbons (Fsp3) is 0.833. The zero-order chi connectivity index (χ0) is 11.4. The molecule has 1 aromatic heterocycles. The quantitative estimate of drug-likeness (QED) is 0.851. The summed E-state index contributed by atoms with van der Waals surface area (Å²) < 4.78 is 5.33. The van der Waals surface area contributed by atoms with Gasteiger partial charge >= 0.3 is 0 Å². The normalized spacial score (nSPS) is 25.9. The molecule has 0 spiro atoms. The highest BCUT2D eigenvalue weighted by atomic mass is 16.4. The predicted molar refractivity (Wildman–Crippen MR) is 61.9 cm³/mol. The van der Waals surface area contributed by atoms with Crippen LogP contribution >= 0.6 is 0 Å². The van der Waals surface area contributed by atoms with Crippen molar-refractivity contribution in [2.45, 2.75) is 58.5 Å². The largest absolute Gasteiger partial charge is 0.424 e. The van der Waals surface area contributed by atoms with Gasteiger partial charge in [-0.2, -0.15) is 0 Å². The van der Waals surface area contributed by atoms with Crippen LogP contribution in [0.4, 0.5) is 0 Å². The summed E-state index contributed by atoms with van der Waals surface area (Å²) in [5.74, 6) is 2.30. The molecule has 16 heavy (non-hydrogen) atoms. The zero-order valence-corrected chi connectivity index (χ0v) is 10.2. The molecule has 90 valence electrons. The Morgan fingerprint density at radius 3 is 2.56 bits per heavy atom. The van der Waals surface area contributed by atoms with E-state index in [1.807, 2.05) is 6.92 Å². The van der Waals surface area contributed by atoms with E-state index in [1.54, 1.807) is 0 Å². The third kappa shape index (κ3) is 3.04. The number of aromatic nitrogens is 2. The van der Waals surface area contributed by atoms with Gasteiger partial charge in [-0.3, -0.25) is 0 Å². The second-order valence-electron chi connectivity index (χ2n) is 4.72. The summed E-state index contributed by atoms with van der Waals surface area (Å²) in [7, 11) is 0. The first-order valence-corrected chi connectivity index (χ1v) is 6.30. The Kier molecular flexibility index (Phi) is 3.93. The molecule has 1 saturated carbocycles. The second-order valence-corrected chi connectivity index (χ2v) is 4.72. The fourth-order valence-electron chi connectivity index (χ4n) is 2.42. The van der Waals surface area contributed by atoms with Crippen LogP contribution in [-0.4, -0.2) is 16.2 Å². The molecule has 4 heteroatoms. The highest BCUT2D eigenvalue weighted by molar-refractivity contribution is 4.82. The van der Waals surface area contributed by atoms with Crippen LogP contribution in [0.25, 0.3) is 0 Å². The Bertz CT molecular complexity index is 316. The molecule has 0 unspecified atom stereocenters. The van der Waals surface area contributed by atoms with Crippen molar-refractivity contribution in [3.8, 4) is 0 Å². The molecule has 4 nitrogen and oxygen atoms in total. The third-order valence-electron chi connectivity index (χ3n) is 3.53. The van der Waals surface area contributed by atoms with Crippen LogP contribution in [0.2, 0.25) is 0 Å². The van der Waals surface area contributed by atoms with Crippen molar-refractivity contribution < 1.29 is 4.42 Å². The minimum absolute atomic E-state index is 0.634. The van der Waals surface area contributed by atoms with E-state index in [9.17, 15) is 0 Å². The summed E-state index contributed by atoms with van der Waals surface area (Å²) in [6, 6.07) is 0.634. The molecule has 0 radical (unpaired) electrons. The second kappa shape index (κ2) is 5.43. The summed E-state index contributed by atoms with van der Waals surface area (Å²) >= 11 is 0. The standard InChI is InChI=1S/C12H21N3O/c1-3-10-4-6-11(7-5-10)13-8-12-15-14-9(2)16-12/h10-11,13H,3-8H2,1-2H3. The molecule has 0 bridgehead atoms. The molecule has 0 atom stereocenters. The highest BCUT2D eigenvalue weighted by Gasteiger charge is 2.19. The van der Waals surface area contributed by atoms with Crippen molar-refractivity contribution in [1.29, 1.82) is 0 Å². The monoisotopic (exact) mass is 223 g/mol. The van der Waals surface area contributed by atoms with E-state index in [4.69, 9.17) is 4.42 Å². The van der Waals surface area contributed by atoms with Crippen LogP contribution < -0.4 is 5.32 Å². The Labute approximate surface area is 96.8 Å². The molecule has 1 N–H and O–H groups in total. The average Bonchev–Trinajstić information content (AvgIpc) is 2.73. The molecule has 1 fully saturated rings. The molecule has 1 heterocycles. The van der Waals surface area contributed by atoms with Gasteiger partial charge in [-0.1, -0.05) is 13.3 Å². The van der Waals surface area contributed by atoms with Gasteiger partial charge in [0.15, 0.2) is 0 Å². The predicted octanol–water partition coefficient (Wildman–Crippen LogP) is 2.44.